The molecule has 5 nitrogen and oxygen atoms in total. The number of benzene rings is 2. The van der Waals surface area contributed by atoms with E-state index >= 15 is 0 Å². The SMILES string of the molecule is Cc1ccc(C#N)cc1NC(=O)NCC(O)c1c(F)cccc1F. The van der Waals surface area contributed by atoms with Crippen LogP contribution in [0.25, 0.3) is 0 Å². The standard InChI is InChI=1S/C17H15F2N3O2/c1-10-5-6-11(8-20)7-14(10)22-17(24)21-9-15(23)16-12(18)3-2-4-13(16)19/h2-7,15,23H,9H2,1H3,(H2,21,22,24). The van der Waals surface area contributed by atoms with Gasteiger partial charge in [0.15, 0.2) is 0 Å². The van der Waals surface area contributed by atoms with E-state index in [0.29, 0.717) is 11.3 Å². The van der Waals surface area contributed by atoms with Crippen LogP contribution < -0.4 is 10.6 Å². The average molecular weight is 331 g/mol. The smallest absolute Gasteiger partial charge is 0.319 e. The molecule has 1 unspecified atom stereocenters. The van der Waals surface area contributed by atoms with Crippen LogP contribution in [-0.2, 0) is 0 Å². The summed E-state index contributed by atoms with van der Waals surface area (Å²) in [6, 6.07) is 9.33. The largest absolute Gasteiger partial charge is 0.386 e. The number of amides is 2. The van der Waals surface area contributed by atoms with Crippen molar-refractivity contribution in [2.45, 2.75) is 13.0 Å². The fraction of sp³-hybridized carbons (Fsp3) is 0.176. The summed E-state index contributed by atoms with van der Waals surface area (Å²) in [5.41, 5.74) is 1.05. The monoisotopic (exact) mass is 331 g/mol. The zero-order valence-electron chi connectivity index (χ0n) is 12.8. The van der Waals surface area contributed by atoms with E-state index in [0.717, 1.165) is 17.7 Å². The van der Waals surface area contributed by atoms with Crippen molar-refractivity contribution >= 4 is 11.7 Å². The van der Waals surface area contributed by atoms with Crippen LogP contribution in [0.5, 0.6) is 0 Å². The van der Waals surface area contributed by atoms with E-state index in [1.165, 1.54) is 12.1 Å². The lowest BCUT2D eigenvalue weighted by atomic mass is 10.1. The Morgan fingerprint density at radius 2 is 1.96 bits per heavy atom. The third-order valence-corrected chi connectivity index (χ3v) is 3.40. The molecule has 2 aromatic carbocycles. The second-order valence-corrected chi connectivity index (χ2v) is 5.13. The zero-order chi connectivity index (χ0) is 17.7. The van der Waals surface area contributed by atoms with Crippen LogP contribution in [-0.4, -0.2) is 17.7 Å². The minimum absolute atomic E-state index is 0.374. The maximum atomic E-state index is 13.5. The van der Waals surface area contributed by atoms with E-state index in [2.05, 4.69) is 10.6 Å². The van der Waals surface area contributed by atoms with Gasteiger partial charge in [-0.05, 0) is 36.8 Å². The Kier molecular flexibility index (Phi) is 5.45. The number of rotatable bonds is 4. The number of aliphatic hydroxyl groups excluding tert-OH is 1. The van der Waals surface area contributed by atoms with Gasteiger partial charge in [0.2, 0.25) is 0 Å². The van der Waals surface area contributed by atoms with E-state index in [4.69, 9.17) is 5.26 Å². The topological polar surface area (TPSA) is 85.2 Å². The summed E-state index contributed by atoms with van der Waals surface area (Å²) in [7, 11) is 0. The average Bonchev–Trinajstić information content (AvgIpc) is 2.55. The van der Waals surface area contributed by atoms with Gasteiger partial charge >= 0.3 is 6.03 Å². The van der Waals surface area contributed by atoms with E-state index < -0.39 is 29.3 Å². The number of carbonyl (C=O) groups is 1. The molecule has 0 aliphatic rings. The molecule has 0 fully saturated rings. The van der Waals surface area contributed by atoms with E-state index in [1.54, 1.807) is 19.1 Å². The number of aliphatic hydroxyl groups is 1. The highest BCUT2D eigenvalue weighted by molar-refractivity contribution is 5.90. The van der Waals surface area contributed by atoms with Crippen molar-refractivity contribution < 1.29 is 18.7 Å². The van der Waals surface area contributed by atoms with Crippen LogP contribution in [0.4, 0.5) is 19.3 Å². The second-order valence-electron chi connectivity index (χ2n) is 5.13. The van der Waals surface area contributed by atoms with Gasteiger partial charge in [0.1, 0.15) is 17.7 Å². The summed E-state index contributed by atoms with van der Waals surface area (Å²) in [5, 5.41) is 23.6. The van der Waals surface area contributed by atoms with Crippen molar-refractivity contribution in [2.24, 2.45) is 0 Å². The molecule has 0 spiro atoms. The number of nitrogens with one attached hydrogen (secondary N) is 2. The first-order chi connectivity index (χ1) is 11.4. The van der Waals surface area contributed by atoms with Gasteiger partial charge in [-0.3, -0.25) is 0 Å². The lowest BCUT2D eigenvalue weighted by Gasteiger charge is -2.15. The highest BCUT2D eigenvalue weighted by Gasteiger charge is 2.18. The number of nitriles is 1. The molecule has 24 heavy (non-hydrogen) atoms. The third kappa shape index (κ3) is 4.06. The minimum Gasteiger partial charge on any atom is -0.386 e. The van der Waals surface area contributed by atoms with Crippen molar-refractivity contribution in [3.63, 3.8) is 0 Å². The normalized spacial score (nSPS) is 11.5. The first-order valence-electron chi connectivity index (χ1n) is 7.10. The van der Waals surface area contributed by atoms with Crippen LogP contribution in [0, 0.1) is 29.9 Å². The van der Waals surface area contributed by atoms with E-state index in [-0.39, 0.29) is 6.54 Å². The first-order valence-corrected chi connectivity index (χ1v) is 7.10. The van der Waals surface area contributed by atoms with Crippen molar-refractivity contribution in [3.8, 4) is 6.07 Å². The molecule has 0 bridgehead atoms. The number of urea groups is 1. The number of aryl methyl sites for hydroxylation is 1. The van der Waals surface area contributed by atoms with Crippen molar-refractivity contribution in [1.82, 2.24) is 5.32 Å². The number of hydrogen-bond acceptors (Lipinski definition) is 3. The van der Waals surface area contributed by atoms with Gasteiger partial charge in [-0.2, -0.15) is 5.26 Å². The molecule has 0 saturated heterocycles. The Hall–Kier alpha value is -2.98. The molecule has 0 heterocycles. The summed E-state index contributed by atoms with van der Waals surface area (Å²) < 4.78 is 27.1. The van der Waals surface area contributed by atoms with Gasteiger partial charge < -0.3 is 15.7 Å². The number of hydrogen-bond donors (Lipinski definition) is 3. The molecule has 1 atom stereocenters. The van der Waals surface area contributed by atoms with Gasteiger partial charge in [0.05, 0.1) is 17.2 Å². The molecule has 2 rings (SSSR count). The molecule has 0 aliphatic carbocycles. The van der Waals surface area contributed by atoms with Gasteiger partial charge in [-0.1, -0.05) is 12.1 Å². The van der Waals surface area contributed by atoms with Gasteiger partial charge in [-0.15, -0.1) is 0 Å². The van der Waals surface area contributed by atoms with Crippen LogP contribution in [0.15, 0.2) is 36.4 Å². The fourth-order valence-corrected chi connectivity index (χ4v) is 2.11. The van der Waals surface area contributed by atoms with Crippen LogP contribution in [0.2, 0.25) is 0 Å². The zero-order valence-corrected chi connectivity index (χ0v) is 12.8. The highest BCUT2D eigenvalue weighted by atomic mass is 19.1. The van der Waals surface area contributed by atoms with E-state index in [1.807, 2.05) is 6.07 Å². The summed E-state index contributed by atoms with van der Waals surface area (Å²) >= 11 is 0. The molecule has 7 heteroatoms. The Labute approximate surface area is 137 Å². The minimum atomic E-state index is -1.52. The number of carbonyl (C=O) groups excluding carboxylic acids is 1. The van der Waals surface area contributed by atoms with E-state index in [9.17, 15) is 18.7 Å². The molecule has 2 amide bonds. The van der Waals surface area contributed by atoms with Gasteiger partial charge in [0, 0.05) is 12.2 Å². The Bertz CT molecular complexity index is 783. The summed E-state index contributed by atoms with van der Waals surface area (Å²) in [4.78, 5) is 11.9. The van der Waals surface area contributed by atoms with Gasteiger partial charge in [0.25, 0.3) is 0 Å². The molecule has 0 saturated carbocycles. The molecular weight excluding hydrogens is 316 g/mol. The molecule has 0 aliphatic heterocycles. The van der Waals surface area contributed by atoms with Crippen molar-refractivity contribution in [1.29, 1.82) is 5.26 Å². The Balaban J connectivity index is 2.00. The maximum Gasteiger partial charge on any atom is 0.319 e. The molecular formula is C17H15F2N3O2. The molecule has 3 N–H and O–H groups in total. The number of halogens is 2. The third-order valence-electron chi connectivity index (χ3n) is 3.40. The number of anilines is 1. The predicted molar refractivity (Wildman–Crippen MR) is 84.2 cm³/mol. The maximum absolute atomic E-state index is 13.5. The predicted octanol–water partition coefficient (Wildman–Crippen LogP) is 3.00. The summed E-state index contributed by atoms with van der Waals surface area (Å²) in [6.45, 7) is 1.38. The second kappa shape index (κ2) is 7.53. The lowest BCUT2D eigenvalue weighted by molar-refractivity contribution is 0.166. The summed E-state index contributed by atoms with van der Waals surface area (Å²) in [6.07, 6.45) is -1.52. The first kappa shape index (κ1) is 17.4. The van der Waals surface area contributed by atoms with Gasteiger partial charge in [-0.25, -0.2) is 13.6 Å². The molecule has 0 radical (unpaired) electrons. The number of nitrogens with zero attached hydrogens (tertiary/aromatic N) is 1. The quantitative estimate of drug-likeness (QED) is 0.805. The van der Waals surface area contributed by atoms with Crippen molar-refractivity contribution in [3.05, 3.63) is 64.7 Å². The summed E-state index contributed by atoms with van der Waals surface area (Å²) in [5.74, 6) is -1.77. The Morgan fingerprint density at radius 3 is 2.58 bits per heavy atom. The highest BCUT2D eigenvalue weighted by Crippen LogP contribution is 2.20. The Morgan fingerprint density at radius 1 is 1.29 bits per heavy atom. The molecule has 124 valence electrons. The fourth-order valence-electron chi connectivity index (χ4n) is 2.11. The van der Waals surface area contributed by atoms with Crippen LogP contribution in [0.3, 0.4) is 0 Å². The molecule has 0 aromatic heterocycles. The molecule has 2 aromatic rings. The van der Waals surface area contributed by atoms with Crippen molar-refractivity contribution in [2.75, 3.05) is 11.9 Å². The van der Waals surface area contributed by atoms with Crippen LogP contribution >= 0.6 is 0 Å². The van der Waals surface area contributed by atoms with Crippen LogP contribution in [0.1, 0.15) is 22.8 Å². The lowest BCUT2D eigenvalue weighted by Crippen LogP contribution is -2.33.